The van der Waals surface area contributed by atoms with Crippen LogP contribution >= 0.6 is 22.6 Å². The molecule has 1 aromatic rings. The highest BCUT2D eigenvalue weighted by Gasteiger charge is 1.98. The maximum Gasteiger partial charge on any atom is 0.257 e. The molecule has 0 aliphatic heterocycles. The van der Waals surface area contributed by atoms with Gasteiger partial charge < -0.3 is 10.1 Å². The van der Waals surface area contributed by atoms with Gasteiger partial charge in [0, 0.05) is 10.6 Å². The minimum atomic E-state index is -0.126. The number of carbonyl (C=O) groups is 1. The van der Waals surface area contributed by atoms with E-state index < -0.39 is 0 Å². The van der Waals surface area contributed by atoms with E-state index in [4.69, 9.17) is 4.74 Å². The fourth-order valence-electron chi connectivity index (χ4n) is 0.752. The number of hydrogen-bond donors (Lipinski definition) is 1. The predicted molar refractivity (Wildman–Crippen MR) is 58.7 cm³/mol. The Balaban J connectivity index is 2.46. The molecule has 0 radical (unpaired) electrons. The molecule has 0 bridgehead atoms. The van der Waals surface area contributed by atoms with Gasteiger partial charge in [0.25, 0.3) is 5.91 Å². The summed E-state index contributed by atoms with van der Waals surface area (Å²) in [7, 11) is 1.58. The molecule has 0 aliphatic carbocycles. The van der Waals surface area contributed by atoms with Crippen molar-refractivity contribution < 1.29 is 9.53 Å². The lowest BCUT2D eigenvalue weighted by molar-refractivity contribution is -0.122. The Labute approximate surface area is 90.6 Å². The number of rotatable bonds is 3. The zero-order chi connectivity index (χ0) is 9.68. The van der Waals surface area contributed by atoms with E-state index in [2.05, 4.69) is 27.9 Å². The second kappa shape index (κ2) is 5.06. The Morgan fingerprint density at radius 1 is 1.46 bits per heavy atom. The Kier molecular flexibility index (Phi) is 4.01. The fourth-order valence-corrected chi connectivity index (χ4v) is 1.11. The van der Waals surface area contributed by atoms with Crippen molar-refractivity contribution >= 4 is 28.5 Å². The average molecular weight is 291 g/mol. The molecule has 0 aliphatic rings. The first-order valence-corrected chi connectivity index (χ1v) is 4.89. The first-order valence-electron chi connectivity index (χ1n) is 3.81. The van der Waals surface area contributed by atoms with E-state index in [1.54, 1.807) is 7.05 Å². The highest BCUT2D eigenvalue weighted by Crippen LogP contribution is 2.12. The van der Waals surface area contributed by atoms with Crippen molar-refractivity contribution in [2.45, 2.75) is 0 Å². The third-order valence-corrected chi connectivity index (χ3v) is 2.18. The summed E-state index contributed by atoms with van der Waals surface area (Å²) in [5.74, 6) is 0.586. The molecule has 0 fully saturated rings. The minimum absolute atomic E-state index is 0.0666. The molecule has 3 nitrogen and oxygen atoms in total. The van der Waals surface area contributed by atoms with Crippen molar-refractivity contribution in [3.8, 4) is 5.75 Å². The van der Waals surface area contributed by atoms with Crippen molar-refractivity contribution in [1.82, 2.24) is 5.32 Å². The average Bonchev–Trinajstić information content (AvgIpc) is 2.16. The van der Waals surface area contributed by atoms with E-state index in [-0.39, 0.29) is 12.5 Å². The number of likely N-dealkylation sites (N-methyl/N-ethyl adjacent to an activating group) is 1. The first kappa shape index (κ1) is 10.3. The number of hydrogen-bond acceptors (Lipinski definition) is 2. The summed E-state index contributed by atoms with van der Waals surface area (Å²) in [6.45, 7) is 0.0666. The number of ether oxygens (including phenoxy) is 1. The van der Waals surface area contributed by atoms with Crippen LogP contribution in [0.1, 0.15) is 0 Å². The highest BCUT2D eigenvalue weighted by atomic mass is 127. The number of halogens is 1. The molecule has 1 amide bonds. The van der Waals surface area contributed by atoms with Gasteiger partial charge >= 0.3 is 0 Å². The first-order chi connectivity index (χ1) is 6.22. The van der Waals surface area contributed by atoms with Crippen LogP contribution in [0.4, 0.5) is 0 Å². The van der Waals surface area contributed by atoms with Crippen LogP contribution in [0.5, 0.6) is 5.75 Å². The molecule has 0 aromatic heterocycles. The van der Waals surface area contributed by atoms with Gasteiger partial charge in [0.1, 0.15) is 5.75 Å². The van der Waals surface area contributed by atoms with Gasteiger partial charge in [0.2, 0.25) is 0 Å². The minimum Gasteiger partial charge on any atom is -0.484 e. The monoisotopic (exact) mass is 291 g/mol. The van der Waals surface area contributed by atoms with Crippen molar-refractivity contribution in [2.75, 3.05) is 13.7 Å². The summed E-state index contributed by atoms with van der Waals surface area (Å²) in [6, 6.07) is 7.54. The van der Waals surface area contributed by atoms with E-state index in [1.165, 1.54) is 0 Å². The Morgan fingerprint density at radius 3 is 2.62 bits per heavy atom. The molecule has 1 rings (SSSR count). The molecule has 0 spiro atoms. The third kappa shape index (κ3) is 3.63. The highest BCUT2D eigenvalue weighted by molar-refractivity contribution is 14.1. The van der Waals surface area contributed by atoms with Gasteiger partial charge in [0.05, 0.1) is 0 Å². The quantitative estimate of drug-likeness (QED) is 0.855. The van der Waals surface area contributed by atoms with Gasteiger partial charge in [-0.3, -0.25) is 4.79 Å². The summed E-state index contributed by atoms with van der Waals surface area (Å²) < 4.78 is 6.34. The fraction of sp³-hybridized carbons (Fsp3) is 0.222. The zero-order valence-corrected chi connectivity index (χ0v) is 9.37. The predicted octanol–water partition coefficient (Wildman–Crippen LogP) is 1.42. The zero-order valence-electron chi connectivity index (χ0n) is 7.21. The van der Waals surface area contributed by atoms with Crippen LogP contribution in [0.3, 0.4) is 0 Å². The largest absolute Gasteiger partial charge is 0.484 e. The Morgan fingerprint density at radius 2 is 2.08 bits per heavy atom. The van der Waals surface area contributed by atoms with Gasteiger partial charge in [-0.2, -0.15) is 0 Å². The van der Waals surface area contributed by atoms with Gasteiger partial charge in [-0.1, -0.05) is 0 Å². The summed E-state index contributed by atoms with van der Waals surface area (Å²) in [6.07, 6.45) is 0. The lowest BCUT2D eigenvalue weighted by Crippen LogP contribution is -2.24. The number of amides is 1. The maximum absolute atomic E-state index is 10.8. The molecule has 0 unspecified atom stereocenters. The molecule has 0 atom stereocenters. The topological polar surface area (TPSA) is 38.3 Å². The van der Waals surface area contributed by atoms with Crippen molar-refractivity contribution in [3.63, 3.8) is 0 Å². The SMILES string of the molecule is CNC(=O)COc1ccc(I)cc1. The number of benzene rings is 1. The molecule has 1 N–H and O–H groups in total. The van der Waals surface area contributed by atoms with E-state index in [9.17, 15) is 4.79 Å². The second-order valence-corrected chi connectivity index (χ2v) is 3.66. The molecule has 1 aromatic carbocycles. The lowest BCUT2D eigenvalue weighted by atomic mass is 10.3. The van der Waals surface area contributed by atoms with Crippen LogP contribution in [-0.4, -0.2) is 19.6 Å². The van der Waals surface area contributed by atoms with Crippen LogP contribution in [0, 0.1) is 3.57 Å². The Bertz CT molecular complexity index is 284. The van der Waals surface area contributed by atoms with Crippen molar-refractivity contribution in [3.05, 3.63) is 27.8 Å². The molecule has 0 heterocycles. The van der Waals surface area contributed by atoms with Crippen molar-refractivity contribution in [2.24, 2.45) is 0 Å². The molecular formula is C9H10INO2. The van der Waals surface area contributed by atoms with E-state index >= 15 is 0 Å². The molecule has 13 heavy (non-hydrogen) atoms. The summed E-state index contributed by atoms with van der Waals surface area (Å²) in [5, 5.41) is 2.48. The summed E-state index contributed by atoms with van der Waals surface area (Å²) in [4.78, 5) is 10.8. The number of nitrogens with one attached hydrogen (secondary N) is 1. The normalized spacial score (nSPS) is 9.38. The summed E-state index contributed by atoms with van der Waals surface area (Å²) in [5.41, 5.74) is 0. The van der Waals surface area contributed by atoms with E-state index in [0.29, 0.717) is 5.75 Å². The third-order valence-electron chi connectivity index (χ3n) is 1.46. The Hall–Kier alpha value is -0.780. The van der Waals surface area contributed by atoms with E-state index in [1.807, 2.05) is 24.3 Å². The maximum atomic E-state index is 10.8. The van der Waals surface area contributed by atoms with Crippen LogP contribution in [0.25, 0.3) is 0 Å². The van der Waals surface area contributed by atoms with Gasteiger partial charge in [-0.05, 0) is 46.9 Å². The molecule has 4 heteroatoms. The van der Waals surface area contributed by atoms with E-state index in [0.717, 1.165) is 3.57 Å². The van der Waals surface area contributed by atoms with Crippen LogP contribution in [0.15, 0.2) is 24.3 Å². The van der Waals surface area contributed by atoms with Gasteiger partial charge in [-0.15, -0.1) is 0 Å². The lowest BCUT2D eigenvalue weighted by Gasteiger charge is -2.04. The molecular weight excluding hydrogens is 281 g/mol. The number of carbonyl (C=O) groups excluding carboxylic acids is 1. The van der Waals surface area contributed by atoms with Crippen molar-refractivity contribution in [1.29, 1.82) is 0 Å². The van der Waals surface area contributed by atoms with Gasteiger partial charge in [-0.25, -0.2) is 0 Å². The molecule has 0 saturated carbocycles. The summed E-state index contributed by atoms with van der Waals surface area (Å²) >= 11 is 2.21. The van der Waals surface area contributed by atoms with Gasteiger partial charge in [0.15, 0.2) is 6.61 Å². The molecule has 0 saturated heterocycles. The second-order valence-electron chi connectivity index (χ2n) is 2.42. The molecule has 70 valence electrons. The van der Waals surface area contributed by atoms with Crippen LogP contribution in [-0.2, 0) is 4.79 Å². The smallest absolute Gasteiger partial charge is 0.257 e. The van der Waals surface area contributed by atoms with Crippen LogP contribution in [0.2, 0.25) is 0 Å². The van der Waals surface area contributed by atoms with Crippen LogP contribution < -0.4 is 10.1 Å². The standard InChI is InChI=1S/C9H10INO2/c1-11-9(12)6-13-8-4-2-7(10)3-5-8/h2-5H,6H2,1H3,(H,11,12).